The van der Waals surface area contributed by atoms with Crippen LogP contribution in [-0.2, 0) is 0 Å². The molecule has 10 heteroatoms. The summed E-state index contributed by atoms with van der Waals surface area (Å²) in [4.78, 5) is 8.80. The van der Waals surface area contributed by atoms with Gasteiger partial charge in [0.1, 0.15) is 5.75 Å². The molecule has 36 heavy (non-hydrogen) atoms. The average Bonchev–Trinajstić information content (AvgIpc) is 2.84. The molecule has 5 aromatic rings. The van der Waals surface area contributed by atoms with Gasteiger partial charge in [0.15, 0.2) is 5.82 Å². The summed E-state index contributed by atoms with van der Waals surface area (Å²) < 4.78 is 42.0. The van der Waals surface area contributed by atoms with Crippen molar-refractivity contribution in [3.63, 3.8) is 0 Å². The summed E-state index contributed by atoms with van der Waals surface area (Å²) in [6.45, 7) is 3.90. The molecule has 0 spiro atoms. The van der Waals surface area contributed by atoms with Crippen molar-refractivity contribution in [3.05, 3.63) is 72.1 Å². The third-order valence-electron chi connectivity index (χ3n) is 5.75. The van der Waals surface area contributed by atoms with Crippen LogP contribution in [0.5, 0.6) is 5.75 Å². The Kier molecular flexibility index (Phi) is 5.79. The molecule has 2 aromatic heterocycles. The van der Waals surface area contributed by atoms with Gasteiger partial charge < -0.3 is 15.4 Å². The molecule has 2 N–H and O–H groups in total. The molecule has 0 aliphatic heterocycles. The highest BCUT2D eigenvalue weighted by Crippen LogP contribution is 2.37. The van der Waals surface area contributed by atoms with Gasteiger partial charge in [-0.25, -0.2) is 9.97 Å². The van der Waals surface area contributed by atoms with Gasteiger partial charge in [-0.15, -0.1) is 18.3 Å². The third-order valence-corrected chi connectivity index (χ3v) is 5.75. The van der Waals surface area contributed by atoms with Gasteiger partial charge in [-0.1, -0.05) is 24.3 Å². The van der Waals surface area contributed by atoms with Crippen molar-refractivity contribution in [1.82, 2.24) is 20.2 Å². The first kappa shape index (κ1) is 23.3. The quantitative estimate of drug-likeness (QED) is 0.289. The third kappa shape index (κ3) is 4.57. The van der Waals surface area contributed by atoms with Crippen LogP contribution in [0, 0.1) is 13.8 Å². The number of fused-ring (bicyclic) bond motifs is 2. The molecular formula is C26H21F3N6O. The number of aryl methyl sites for hydroxylation is 2. The zero-order chi connectivity index (χ0) is 25.4. The summed E-state index contributed by atoms with van der Waals surface area (Å²) in [5.74, 6) is 0.639. The van der Waals surface area contributed by atoms with Gasteiger partial charge >= 0.3 is 6.36 Å². The standard InChI is InChI=1S/C26H21F3N6O/c1-14-7-9-20-23(22(14)16-8-10-21-17(11-16)13-31-25(30-3)33-21)15(2)34-35-24(20)32-18-5-4-6-19(12-18)36-26(27,28)29/h4-13H,1-3H3,(H,32,35)(H,30,31,33). The fourth-order valence-electron chi connectivity index (χ4n) is 4.19. The Morgan fingerprint density at radius 1 is 0.944 bits per heavy atom. The molecule has 0 atom stereocenters. The Labute approximate surface area is 204 Å². The maximum atomic E-state index is 12.7. The van der Waals surface area contributed by atoms with Crippen LogP contribution in [0.4, 0.5) is 30.6 Å². The van der Waals surface area contributed by atoms with Gasteiger partial charge in [0.25, 0.3) is 0 Å². The number of benzene rings is 3. The molecule has 0 fully saturated rings. The number of halogens is 3. The second-order valence-electron chi connectivity index (χ2n) is 8.23. The molecule has 0 aliphatic rings. The second-order valence-corrected chi connectivity index (χ2v) is 8.23. The lowest BCUT2D eigenvalue weighted by atomic mass is 9.93. The minimum Gasteiger partial charge on any atom is -0.406 e. The van der Waals surface area contributed by atoms with Crippen LogP contribution in [0.1, 0.15) is 11.3 Å². The number of nitrogens with one attached hydrogen (secondary N) is 2. The SMILES string of the molecule is CNc1ncc2cc(-c3c(C)ccc4c(Nc5cccc(OC(F)(F)F)c5)nnc(C)c34)ccc2n1. The normalized spacial score (nSPS) is 11.6. The lowest BCUT2D eigenvalue weighted by Crippen LogP contribution is -2.17. The first-order valence-electron chi connectivity index (χ1n) is 11.1. The van der Waals surface area contributed by atoms with Crippen molar-refractivity contribution in [1.29, 1.82) is 0 Å². The van der Waals surface area contributed by atoms with E-state index in [2.05, 4.69) is 35.5 Å². The van der Waals surface area contributed by atoms with Crippen LogP contribution in [0.2, 0.25) is 0 Å². The smallest absolute Gasteiger partial charge is 0.406 e. The largest absolute Gasteiger partial charge is 0.573 e. The number of hydrogen-bond acceptors (Lipinski definition) is 7. The van der Waals surface area contributed by atoms with Crippen molar-refractivity contribution in [2.75, 3.05) is 17.7 Å². The van der Waals surface area contributed by atoms with Crippen molar-refractivity contribution in [2.24, 2.45) is 0 Å². The van der Waals surface area contributed by atoms with Crippen LogP contribution < -0.4 is 15.4 Å². The van der Waals surface area contributed by atoms with Crippen molar-refractivity contribution < 1.29 is 17.9 Å². The topological polar surface area (TPSA) is 84.9 Å². The fraction of sp³-hybridized carbons (Fsp3) is 0.154. The van der Waals surface area contributed by atoms with Crippen molar-refractivity contribution in [3.8, 4) is 16.9 Å². The Bertz CT molecular complexity index is 1600. The number of nitrogens with zero attached hydrogens (tertiary/aromatic N) is 4. The molecule has 182 valence electrons. The van der Waals surface area contributed by atoms with Gasteiger partial charge in [-0.3, -0.25) is 0 Å². The fourth-order valence-corrected chi connectivity index (χ4v) is 4.19. The van der Waals surface area contributed by atoms with Crippen LogP contribution in [0.25, 0.3) is 32.8 Å². The zero-order valence-corrected chi connectivity index (χ0v) is 19.6. The molecule has 2 heterocycles. The molecule has 0 radical (unpaired) electrons. The van der Waals surface area contributed by atoms with E-state index in [4.69, 9.17) is 0 Å². The second kappa shape index (κ2) is 8.95. The van der Waals surface area contributed by atoms with Crippen molar-refractivity contribution >= 4 is 39.1 Å². The van der Waals surface area contributed by atoms with Crippen LogP contribution in [0.15, 0.2) is 60.8 Å². The summed E-state index contributed by atoms with van der Waals surface area (Å²) in [6, 6.07) is 15.5. The van der Waals surface area contributed by atoms with Gasteiger partial charge in [0, 0.05) is 41.2 Å². The summed E-state index contributed by atoms with van der Waals surface area (Å²) in [6.07, 6.45) is -3.01. The zero-order valence-electron chi connectivity index (χ0n) is 19.6. The number of ether oxygens (including phenoxy) is 1. The Hall–Kier alpha value is -4.47. The molecule has 0 unspecified atom stereocenters. The molecule has 5 rings (SSSR count). The average molecular weight is 490 g/mol. The lowest BCUT2D eigenvalue weighted by molar-refractivity contribution is -0.274. The molecule has 0 amide bonds. The van der Waals surface area contributed by atoms with E-state index in [0.717, 1.165) is 44.1 Å². The molecule has 0 bridgehead atoms. The summed E-state index contributed by atoms with van der Waals surface area (Å²) in [7, 11) is 1.77. The van der Waals surface area contributed by atoms with Gasteiger partial charge in [0.2, 0.25) is 5.95 Å². The number of alkyl halides is 3. The first-order chi connectivity index (χ1) is 17.2. The van der Waals surface area contributed by atoms with E-state index in [1.54, 1.807) is 19.3 Å². The van der Waals surface area contributed by atoms with Gasteiger partial charge in [-0.05, 0) is 54.8 Å². The number of hydrogen-bond donors (Lipinski definition) is 2. The van der Waals surface area contributed by atoms with E-state index in [1.807, 2.05) is 44.2 Å². The highest BCUT2D eigenvalue weighted by molar-refractivity contribution is 6.05. The predicted octanol–water partition coefficient (Wildman–Crippen LogP) is 6.54. The van der Waals surface area contributed by atoms with Crippen LogP contribution in [-0.4, -0.2) is 33.6 Å². The number of rotatable bonds is 5. The maximum Gasteiger partial charge on any atom is 0.573 e. The monoisotopic (exact) mass is 490 g/mol. The summed E-state index contributed by atoms with van der Waals surface area (Å²) in [5.41, 5.74) is 4.92. The van der Waals surface area contributed by atoms with E-state index in [1.165, 1.54) is 18.2 Å². The summed E-state index contributed by atoms with van der Waals surface area (Å²) in [5, 5.41) is 17.2. The number of aromatic nitrogens is 4. The minimum atomic E-state index is -4.78. The minimum absolute atomic E-state index is 0.326. The molecule has 7 nitrogen and oxygen atoms in total. The lowest BCUT2D eigenvalue weighted by Gasteiger charge is -2.16. The van der Waals surface area contributed by atoms with E-state index < -0.39 is 6.36 Å². The van der Waals surface area contributed by atoms with E-state index in [0.29, 0.717) is 17.5 Å². The maximum absolute atomic E-state index is 12.7. The van der Waals surface area contributed by atoms with Crippen LogP contribution >= 0.6 is 0 Å². The molecule has 0 saturated carbocycles. The Morgan fingerprint density at radius 3 is 2.56 bits per heavy atom. The molecule has 0 saturated heterocycles. The molecular weight excluding hydrogens is 469 g/mol. The highest BCUT2D eigenvalue weighted by Gasteiger charge is 2.31. The number of anilines is 3. The van der Waals surface area contributed by atoms with Gasteiger partial charge in [0.05, 0.1) is 11.2 Å². The predicted molar refractivity (Wildman–Crippen MR) is 133 cm³/mol. The first-order valence-corrected chi connectivity index (χ1v) is 11.1. The Morgan fingerprint density at radius 2 is 1.78 bits per heavy atom. The van der Waals surface area contributed by atoms with Gasteiger partial charge in [-0.2, -0.15) is 5.10 Å². The molecule has 3 aromatic carbocycles. The molecule has 0 aliphatic carbocycles. The van der Waals surface area contributed by atoms with Crippen LogP contribution in [0.3, 0.4) is 0 Å². The van der Waals surface area contributed by atoms with E-state index >= 15 is 0 Å². The highest BCUT2D eigenvalue weighted by atomic mass is 19.4. The van der Waals surface area contributed by atoms with E-state index in [9.17, 15) is 13.2 Å². The Balaban J connectivity index is 1.61. The summed E-state index contributed by atoms with van der Waals surface area (Å²) >= 11 is 0. The van der Waals surface area contributed by atoms with E-state index in [-0.39, 0.29) is 5.75 Å². The van der Waals surface area contributed by atoms with Crippen molar-refractivity contribution in [2.45, 2.75) is 20.2 Å².